The Morgan fingerprint density at radius 1 is 1.21 bits per heavy atom. The Morgan fingerprint density at radius 2 is 1.97 bits per heavy atom. The maximum Gasteiger partial charge on any atom is 0.274 e. The summed E-state index contributed by atoms with van der Waals surface area (Å²) in [5.41, 5.74) is 1.81. The molecule has 1 aliphatic rings. The lowest BCUT2D eigenvalue weighted by Gasteiger charge is -2.30. The summed E-state index contributed by atoms with van der Waals surface area (Å²) in [4.78, 5) is 33.8. The zero-order valence-corrected chi connectivity index (χ0v) is 16.8. The molecule has 3 aromatic heterocycles. The molecule has 1 fully saturated rings. The van der Waals surface area contributed by atoms with Gasteiger partial charge >= 0.3 is 0 Å². The largest absolute Gasteiger partial charge is 0.340 e. The zero-order valence-electron chi connectivity index (χ0n) is 16.8. The second kappa shape index (κ2) is 7.53. The van der Waals surface area contributed by atoms with E-state index in [1.54, 1.807) is 34.8 Å². The van der Waals surface area contributed by atoms with Gasteiger partial charge < -0.3 is 15.1 Å². The van der Waals surface area contributed by atoms with Crippen molar-refractivity contribution in [3.05, 3.63) is 35.8 Å². The molecule has 0 aromatic carbocycles. The molecule has 0 bridgehead atoms. The predicted octanol–water partition coefficient (Wildman–Crippen LogP) is 1.41. The van der Waals surface area contributed by atoms with Crippen LogP contribution in [0.3, 0.4) is 0 Å². The monoisotopic (exact) mass is 396 g/mol. The molecule has 1 N–H and O–H groups in total. The minimum absolute atomic E-state index is 0.162. The fourth-order valence-corrected chi connectivity index (χ4v) is 3.33. The first-order valence-corrected chi connectivity index (χ1v) is 9.75. The molecule has 152 valence electrons. The number of amides is 2. The molecule has 0 spiro atoms. The molecule has 0 radical (unpaired) electrons. The van der Waals surface area contributed by atoms with Gasteiger partial charge in [0.2, 0.25) is 5.95 Å². The third kappa shape index (κ3) is 3.41. The van der Waals surface area contributed by atoms with Crippen molar-refractivity contribution in [2.75, 3.05) is 36.4 Å². The molecule has 4 rings (SSSR count). The number of anilines is 2. The lowest BCUT2D eigenvalue weighted by molar-refractivity contribution is 0.0648. The van der Waals surface area contributed by atoms with Crippen molar-refractivity contribution in [2.45, 2.75) is 20.3 Å². The van der Waals surface area contributed by atoms with E-state index < -0.39 is 5.91 Å². The minimum Gasteiger partial charge on any atom is -0.340 e. The van der Waals surface area contributed by atoms with E-state index >= 15 is 0 Å². The summed E-state index contributed by atoms with van der Waals surface area (Å²) in [5, 5.41) is 11.4. The lowest BCUT2D eigenvalue weighted by Crippen LogP contribution is -2.42. The number of pyridine rings is 1. The maximum absolute atomic E-state index is 12.9. The van der Waals surface area contributed by atoms with Gasteiger partial charge in [0.25, 0.3) is 11.8 Å². The SMILES string of the molecule is CCN(CC)c1nc2ccc(NC(=O)c3c(C(=O)N4CCC4)cnn3C)cn2n1. The first kappa shape index (κ1) is 18.9. The Labute approximate surface area is 168 Å². The summed E-state index contributed by atoms with van der Waals surface area (Å²) in [7, 11) is 1.65. The van der Waals surface area contributed by atoms with Crippen molar-refractivity contribution in [1.29, 1.82) is 0 Å². The van der Waals surface area contributed by atoms with Gasteiger partial charge in [-0.1, -0.05) is 0 Å². The average molecular weight is 396 g/mol. The van der Waals surface area contributed by atoms with E-state index in [1.807, 2.05) is 13.8 Å². The van der Waals surface area contributed by atoms with Crippen LogP contribution in [-0.2, 0) is 7.05 Å². The Morgan fingerprint density at radius 3 is 2.62 bits per heavy atom. The highest BCUT2D eigenvalue weighted by atomic mass is 16.2. The number of nitrogens with one attached hydrogen (secondary N) is 1. The van der Waals surface area contributed by atoms with Gasteiger partial charge in [-0.05, 0) is 32.4 Å². The standard InChI is InChI=1S/C19H24N8O2/c1-4-25(5-2)19-22-15-8-7-13(12-27(15)23-19)21-17(28)16-14(11-20-24(16)3)18(29)26-9-6-10-26/h7-8,11-12H,4-6,9-10H2,1-3H3,(H,21,28). The van der Waals surface area contributed by atoms with E-state index in [0.717, 1.165) is 19.5 Å². The number of aromatic nitrogens is 5. The lowest BCUT2D eigenvalue weighted by atomic mass is 10.1. The number of rotatable bonds is 6. The van der Waals surface area contributed by atoms with Gasteiger partial charge in [0, 0.05) is 33.2 Å². The molecule has 0 unspecified atom stereocenters. The molecule has 0 saturated carbocycles. The molecule has 10 nitrogen and oxygen atoms in total. The van der Waals surface area contributed by atoms with Gasteiger partial charge in [0.1, 0.15) is 5.69 Å². The number of nitrogens with zero attached hydrogens (tertiary/aromatic N) is 7. The molecule has 2 amide bonds. The van der Waals surface area contributed by atoms with Crippen LogP contribution in [0.15, 0.2) is 24.5 Å². The summed E-state index contributed by atoms with van der Waals surface area (Å²) in [6, 6.07) is 3.56. The number of aryl methyl sites for hydroxylation is 1. The summed E-state index contributed by atoms with van der Waals surface area (Å²) < 4.78 is 3.06. The first-order valence-electron chi connectivity index (χ1n) is 9.75. The van der Waals surface area contributed by atoms with E-state index in [-0.39, 0.29) is 11.6 Å². The van der Waals surface area contributed by atoms with Crippen LogP contribution in [0.4, 0.5) is 11.6 Å². The molecule has 29 heavy (non-hydrogen) atoms. The van der Waals surface area contributed by atoms with Crippen LogP contribution >= 0.6 is 0 Å². The molecule has 10 heteroatoms. The van der Waals surface area contributed by atoms with Gasteiger partial charge in [0.05, 0.1) is 23.6 Å². The van der Waals surface area contributed by atoms with E-state index in [4.69, 9.17) is 0 Å². The summed E-state index contributed by atoms with van der Waals surface area (Å²) in [5.74, 6) is 0.0925. The number of carbonyl (C=O) groups excluding carboxylic acids is 2. The van der Waals surface area contributed by atoms with Crippen molar-refractivity contribution < 1.29 is 9.59 Å². The van der Waals surface area contributed by atoms with Crippen molar-refractivity contribution in [1.82, 2.24) is 29.3 Å². The Hall–Kier alpha value is -3.43. The van der Waals surface area contributed by atoms with Crippen LogP contribution in [0.1, 0.15) is 41.1 Å². The quantitative estimate of drug-likeness (QED) is 0.676. The normalized spacial score (nSPS) is 13.4. The highest BCUT2D eigenvalue weighted by Gasteiger charge is 2.28. The van der Waals surface area contributed by atoms with E-state index in [1.165, 1.54) is 10.9 Å². The van der Waals surface area contributed by atoms with Gasteiger partial charge in [-0.2, -0.15) is 10.1 Å². The van der Waals surface area contributed by atoms with E-state index in [2.05, 4.69) is 25.4 Å². The molecule has 1 aliphatic heterocycles. The second-order valence-corrected chi connectivity index (χ2v) is 6.93. The predicted molar refractivity (Wildman–Crippen MR) is 108 cm³/mol. The topological polar surface area (TPSA) is 101 Å². The maximum atomic E-state index is 12.9. The Balaban J connectivity index is 1.58. The van der Waals surface area contributed by atoms with Crippen LogP contribution in [0.5, 0.6) is 0 Å². The number of hydrogen-bond donors (Lipinski definition) is 1. The van der Waals surface area contributed by atoms with E-state index in [0.29, 0.717) is 35.9 Å². The van der Waals surface area contributed by atoms with Crippen LogP contribution in [-0.4, -0.2) is 67.3 Å². The van der Waals surface area contributed by atoms with Crippen LogP contribution in [0, 0.1) is 0 Å². The first-order chi connectivity index (χ1) is 14.0. The highest BCUT2D eigenvalue weighted by molar-refractivity contribution is 6.11. The summed E-state index contributed by atoms with van der Waals surface area (Å²) in [6.07, 6.45) is 4.15. The van der Waals surface area contributed by atoms with Crippen LogP contribution in [0.2, 0.25) is 0 Å². The molecule has 1 saturated heterocycles. The van der Waals surface area contributed by atoms with Crippen molar-refractivity contribution >= 4 is 29.1 Å². The zero-order chi connectivity index (χ0) is 20.5. The summed E-state index contributed by atoms with van der Waals surface area (Å²) in [6.45, 7) is 7.15. The molecular weight excluding hydrogens is 372 g/mol. The number of likely N-dealkylation sites (tertiary alicyclic amines) is 1. The van der Waals surface area contributed by atoms with Crippen molar-refractivity contribution in [2.24, 2.45) is 7.05 Å². The van der Waals surface area contributed by atoms with Crippen molar-refractivity contribution in [3.8, 4) is 0 Å². The fourth-order valence-electron chi connectivity index (χ4n) is 3.33. The summed E-state index contributed by atoms with van der Waals surface area (Å²) >= 11 is 0. The van der Waals surface area contributed by atoms with E-state index in [9.17, 15) is 9.59 Å². The molecule has 3 aromatic rings. The van der Waals surface area contributed by atoms with Crippen LogP contribution in [0.25, 0.3) is 5.65 Å². The molecular formula is C19H24N8O2. The van der Waals surface area contributed by atoms with Gasteiger partial charge in [0.15, 0.2) is 5.65 Å². The van der Waals surface area contributed by atoms with Gasteiger partial charge in [-0.15, -0.1) is 5.10 Å². The Bertz CT molecular complexity index is 1060. The highest BCUT2D eigenvalue weighted by Crippen LogP contribution is 2.18. The molecule has 4 heterocycles. The van der Waals surface area contributed by atoms with Gasteiger partial charge in [-0.3, -0.25) is 14.3 Å². The number of hydrogen-bond acceptors (Lipinski definition) is 6. The fraction of sp³-hybridized carbons (Fsp3) is 0.421. The molecule has 0 atom stereocenters. The smallest absolute Gasteiger partial charge is 0.274 e. The minimum atomic E-state index is -0.391. The number of carbonyl (C=O) groups is 2. The number of fused-ring (bicyclic) bond motifs is 1. The second-order valence-electron chi connectivity index (χ2n) is 6.93. The van der Waals surface area contributed by atoms with Gasteiger partial charge in [-0.25, -0.2) is 4.52 Å². The third-order valence-electron chi connectivity index (χ3n) is 5.15. The average Bonchev–Trinajstić information content (AvgIpc) is 3.24. The van der Waals surface area contributed by atoms with Crippen LogP contribution < -0.4 is 10.2 Å². The Kier molecular flexibility index (Phi) is 4.91. The van der Waals surface area contributed by atoms with Crippen molar-refractivity contribution in [3.63, 3.8) is 0 Å². The molecule has 0 aliphatic carbocycles. The third-order valence-corrected chi connectivity index (χ3v) is 5.15.